The van der Waals surface area contributed by atoms with Crippen LogP contribution >= 0.6 is 11.6 Å². The Bertz CT molecular complexity index is 898. The average Bonchev–Trinajstić information content (AvgIpc) is 2.60. The first-order chi connectivity index (χ1) is 12.3. The second-order valence-corrected chi connectivity index (χ2v) is 6.99. The molecule has 0 amide bonds. The molecule has 0 unspecified atom stereocenters. The molecule has 2 aromatic rings. The summed E-state index contributed by atoms with van der Waals surface area (Å²) >= 11 is 5.98. The van der Waals surface area contributed by atoms with Crippen LogP contribution in [-0.2, 0) is 14.8 Å². The number of nitrogens with one attached hydrogen (secondary N) is 1. The minimum Gasteiger partial charge on any atom is -0.546 e. The summed E-state index contributed by atoms with van der Waals surface area (Å²) in [5.74, 6) is -0.877. The lowest BCUT2D eigenvalue weighted by Gasteiger charge is -2.14. The lowest BCUT2D eigenvalue weighted by molar-refractivity contribution is -0.307. The van der Waals surface area contributed by atoms with Gasteiger partial charge in [-0.05, 0) is 24.3 Å². The first-order valence-corrected chi connectivity index (χ1v) is 9.00. The number of anilines is 1. The first-order valence-electron chi connectivity index (χ1n) is 7.14. The molecule has 0 heterocycles. The Morgan fingerprint density at radius 1 is 1.12 bits per heavy atom. The van der Waals surface area contributed by atoms with Gasteiger partial charge in [-0.25, -0.2) is 8.42 Å². The number of hydrogen-bond donors (Lipinski definition) is 1. The van der Waals surface area contributed by atoms with Gasteiger partial charge >= 0.3 is 0 Å². The predicted molar refractivity (Wildman–Crippen MR) is 92.3 cm³/mol. The predicted octanol–water partition coefficient (Wildman–Crippen LogP) is 1.29. The molecule has 0 radical (unpaired) electrons. The lowest BCUT2D eigenvalue weighted by atomic mass is 10.3. The van der Waals surface area contributed by atoms with Crippen molar-refractivity contribution in [3.8, 4) is 17.2 Å². The summed E-state index contributed by atoms with van der Waals surface area (Å²) in [7, 11) is -1.32. The van der Waals surface area contributed by atoms with Crippen LogP contribution in [0.25, 0.3) is 0 Å². The Morgan fingerprint density at radius 3 is 2.27 bits per heavy atom. The number of ether oxygens (including phenoxy) is 3. The van der Waals surface area contributed by atoms with Crippen LogP contribution in [-0.4, -0.2) is 35.2 Å². The van der Waals surface area contributed by atoms with Gasteiger partial charge in [-0.3, -0.25) is 4.72 Å². The maximum atomic E-state index is 12.7. The van der Waals surface area contributed by atoms with Crippen molar-refractivity contribution in [2.24, 2.45) is 0 Å². The van der Waals surface area contributed by atoms with Crippen LogP contribution in [0, 0.1) is 0 Å². The molecule has 0 saturated heterocycles. The Hall–Kier alpha value is -2.65. The Morgan fingerprint density at radius 2 is 1.73 bits per heavy atom. The zero-order valence-corrected chi connectivity index (χ0v) is 15.4. The van der Waals surface area contributed by atoms with Crippen molar-refractivity contribution >= 4 is 33.3 Å². The molecule has 0 spiro atoms. The number of rotatable bonds is 8. The van der Waals surface area contributed by atoms with Crippen molar-refractivity contribution in [3.63, 3.8) is 0 Å². The molecular weight excluding hydrogens is 386 g/mol. The van der Waals surface area contributed by atoms with Gasteiger partial charge in [0.15, 0.2) is 0 Å². The molecule has 10 heteroatoms. The average molecular weight is 401 g/mol. The number of sulfonamides is 1. The number of aliphatic carboxylic acids is 1. The smallest absolute Gasteiger partial charge is 0.265 e. The fourth-order valence-electron chi connectivity index (χ4n) is 2.01. The number of methoxy groups -OCH3 is 2. The van der Waals surface area contributed by atoms with Crippen molar-refractivity contribution in [2.75, 3.05) is 25.5 Å². The number of carbonyl (C=O) groups excluding carboxylic acids is 1. The maximum absolute atomic E-state index is 12.7. The van der Waals surface area contributed by atoms with Crippen molar-refractivity contribution in [3.05, 3.63) is 41.4 Å². The quantitative estimate of drug-likeness (QED) is 0.710. The zero-order valence-electron chi connectivity index (χ0n) is 13.8. The summed E-state index contributed by atoms with van der Waals surface area (Å²) in [6.45, 7) is -0.604. The van der Waals surface area contributed by atoms with Crippen LogP contribution in [0.15, 0.2) is 41.3 Å². The van der Waals surface area contributed by atoms with Crippen LogP contribution in [0.2, 0.25) is 5.02 Å². The summed E-state index contributed by atoms with van der Waals surface area (Å²) in [6, 6.07) is 8.26. The second kappa shape index (κ2) is 8.15. The number of hydrogen-bond acceptors (Lipinski definition) is 7. The van der Waals surface area contributed by atoms with Crippen molar-refractivity contribution in [1.29, 1.82) is 0 Å². The fraction of sp³-hybridized carbons (Fsp3) is 0.188. The number of halogens is 1. The van der Waals surface area contributed by atoms with E-state index >= 15 is 0 Å². The standard InChI is InChI=1S/C16H16ClNO7S/c1-23-13-8-15(14(24-2)7-12(13)17)26(21,22)18-10-3-5-11(6-4-10)25-9-16(19)20/h3-8,18H,9H2,1-2H3,(H,19,20)/p-1. The summed E-state index contributed by atoms with van der Waals surface area (Å²) in [4.78, 5) is 10.2. The van der Waals surface area contributed by atoms with Crippen LogP contribution in [0.1, 0.15) is 0 Å². The largest absolute Gasteiger partial charge is 0.546 e. The first kappa shape index (κ1) is 19.7. The van der Waals surface area contributed by atoms with Crippen LogP contribution in [0.3, 0.4) is 0 Å². The van der Waals surface area contributed by atoms with E-state index in [9.17, 15) is 18.3 Å². The van der Waals surface area contributed by atoms with Crippen molar-refractivity contribution < 1.29 is 32.5 Å². The van der Waals surface area contributed by atoms with E-state index in [4.69, 9.17) is 25.8 Å². The molecule has 0 bridgehead atoms. The third-order valence-corrected chi connectivity index (χ3v) is 4.89. The van der Waals surface area contributed by atoms with Gasteiger partial charge in [0.1, 0.15) is 28.8 Å². The minimum absolute atomic E-state index is 0.0530. The highest BCUT2D eigenvalue weighted by Gasteiger charge is 2.22. The maximum Gasteiger partial charge on any atom is 0.265 e. The molecule has 0 aliphatic rings. The lowest BCUT2D eigenvalue weighted by Crippen LogP contribution is -2.28. The monoisotopic (exact) mass is 400 g/mol. The highest BCUT2D eigenvalue weighted by atomic mass is 35.5. The molecule has 0 aliphatic carbocycles. The van der Waals surface area contributed by atoms with E-state index in [2.05, 4.69) is 4.72 Å². The molecule has 2 rings (SSSR count). The van der Waals surface area contributed by atoms with Gasteiger partial charge in [-0.15, -0.1) is 0 Å². The SMILES string of the molecule is COc1cc(S(=O)(=O)Nc2ccc(OCC(=O)[O-])cc2)c(OC)cc1Cl. The Balaban J connectivity index is 2.27. The zero-order chi connectivity index (χ0) is 19.3. The molecule has 140 valence electrons. The number of carboxylic acids is 1. The van der Waals surface area contributed by atoms with Crippen LogP contribution in [0.5, 0.6) is 17.2 Å². The molecule has 0 saturated carbocycles. The summed E-state index contributed by atoms with van der Waals surface area (Å²) < 4.78 is 42.7. The van der Waals surface area contributed by atoms with E-state index in [1.807, 2.05) is 0 Å². The Kier molecular flexibility index (Phi) is 6.17. The highest BCUT2D eigenvalue weighted by molar-refractivity contribution is 7.92. The van der Waals surface area contributed by atoms with E-state index in [1.54, 1.807) is 0 Å². The highest BCUT2D eigenvalue weighted by Crippen LogP contribution is 2.35. The number of benzene rings is 2. The molecule has 2 aromatic carbocycles. The van der Waals surface area contributed by atoms with Gasteiger partial charge < -0.3 is 24.1 Å². The van der Waals surface area contributed by atoms with E-state index < -0.39 is 22.6 Å². The van der Waals surface area contributed by atoms with Gasteiger partial charge in [0.25, 0.3) is 10.0 Å². The Labute approximate surface area is 155 Å². The van der Waals surface area contributed by atoms with Crippen LogP contribution in [0.4, 0.5) is 5.69 Å². The molecule has 0 fully saturated rings. The van der Waals surface area contributed by atoms with Gasteiger partial charge in [-0.2, -0.15) is 0 Å². The fourth-order valence-corrected chi connectivity index (χ4v) is 3.47. The summed E-state index contributed by atoms with van der Waals surface area (Å²) in [5, 5.41) is 10.6. The number of carboxylic acid groups (broad SMARTS) is 1. The van der Waals surface area contributed by atoms with Crippen molar-refractivity contribution in [1.82, 2.24) is 0 Å². The van der Waals surface area contributed by atoms with E-state index in [-0.39, 0.29) is 32.9 Å². The molecular formula is C16H15ClNO7S-. The molecule has 26 heavy (non-hydrogen) atoms. The van der Waals surface area contributed by atoms with E-state index in [1.165, 1.54) is 50.6 Å². The molecule has 1 N–H and O–H groups in total. The molecule has 0 aromatic heterocycles. The summed E-state index contributed by atoms with van der Waals surface area (Å²) in [5.41, 5.74) is 0.238. The van der Waals surface area contributed by atoms with Crippen molar-refractivity contribution in [2.45, 2.75) is 4.90 Å². The van der Waals surface area contributed by atoms with Gasteiger partial charge in [-0.1, -0.05) is 11.6 Å². The third kappa shape index (κ3) is 4.70. The van der Waals surface area contributed by atoms with Gasteiger partial charge in [0.2, 0.25) is 0 Å². The summed E-state index contributed by atoms with van der Waals surface area (Å²) in [6.07, 6.45) is 0. The minimum atomic E-state index is -4.00. The topological polar surface area (TPSA) is 114 Å². The van der Waals surface area contributed by atoms with E-state index in [0.717, 1.165) is 0 Å². The third-order valence-electron chi connectivity index (χ3n) is 3.19. The van der Waals surface area contributed by atoms with Gasteiger partial charge in [0.05, 0.1) is 25.2 Å². The van der Waals surface area contributed by atoms with E-state index in [0.29, 0.717) is 0 Å². The van der Waals surface area contributed by atoms with Gasteiger partial charge in [0, 0.05) is 17.8 Å². The normalized spacial score (nSPS) is 10.9. The second-order valence-electron chi connectivity index (χ2n) is 4.93. The molecule has 8 nitrogen and oxygen atoms in total. The molecule has 0 aliphatic heterocycles. The number of carbonyl (C=O) groups is 1. The van der Waals surface area contributed by atoms with Crippen LogP contribution < -0.4 is 24.0 Å². The molecule has 0 atom stereocenters.